The van der Waals surface area contributed by atoms with Crippen molar-refractivity contribution in [2.24, 2.45) is 5.41 Å². The number of aryl methyl sites for hydroxylation is 1. The second kappa shape index (κ2) is 9.81. The molecule has 0 saturated carbocycles. The molecule has 31 heavy (non-hydrogen) atoms. The molecule has 0 spiro atoms. The fourth-order valence-electron chi connectivity index (χ4n) is 2.84. The van der Waals surface area contributed by atoms with Crippen LogP contribution in [0.2, 0.25) is 0 Å². The molecule has 2 aromatic rings. The van der Waals surface area contributed by atoms with Crippen LogP contribution in [-0.2, 0) is 14.3 Å². The summed E-state index contributed by atoms with van der Waals surface area (Å²) in [5.41, 5.74) is 0.0354. The number of anilines is 1. The standard InChI is InChI=1S/C24H32N2O5/c1-8-24(6,14-21(27)31-23(3,4)5)22(28)26-17-10-12-20(25-15-17)30-18-11-9-16(2)19(13-18)29-7/h9-13,15H,8,14H2,1-7H3,(H,26,28)/t24-/m0/s1. The molecule has 0 saturated heterocycles. The van der Waals surface area contributed by atoms with E-state index in [4.69, 9.17) is 14.2 Å². The monoisotopic (exact) mass is 428 g/mol. The van der Waals surface area contributed by atoms with Crippen molar-refractivity contribution in [2.45, 2.75) is 60.0 Å². The van der Waals surface area contributed by atoms with Crippen LogP contribution in [0.1, 0.15) is 53.0 Å². The molecule has 2 rings (SSSR count). The molecule has 0 radical (unpaired) electrons. The van der Waals surface area contributed by atoms with Gasteiger partial charge < -0.3 is 19.5 Å². The molecule has 1 aromatic carbocycles. The summed E-state index contributed by atoms with van der Waals surface area (Å²) >= 11 is 0. The van der Waals surface area contributed by atoms with Crippen LogP contribution in [0, 0.1) is 12.3 Å². The summed E-state index contributed by atoms with van der Waals surface area (Å²) in [7, 11) is 1.61. The Labute approximate surface area is 184 Å². The van der Waals surface area contributed by atoms with Crippen molar-refractivity contribution in [3.63, 3.8) is 0 Å². The highest BCUT2D eigenvalue weighted by atomic mass is 16.6. The van der Waals surface area contributed by atoms with E-state index in [2.05, 4.69) is 10.3 Å². The average molecular weight is 429 g/mol. The number of methoxy groups -OCH3 is 1. The molecule has 1 amide bonds. The largest absolute Gasteiger partial charge is 0.496 e. The van der Waals surface area contributed by atoms with Gasteiger partial charge in [0.05, 0.1) is 30.8 Å². The molecular formula is C24H32N2O5. The Kier molecular flexibility index (Phi) is 7.65. The summed E-state index contributed by atoms with van der Waals surface area (Å²) in [5, 5.41) is 2.83. The molecule has 1 aromatic heterocycles. The van der Waals surface area contributed by atoms with Gasteiger partial charge in [0.2, 0.25) is 11.8 Å². The van der Waals surface area contributed by atoms with E-state index in [0.29, 0.717) is 23.7 Å². The first-order valence-electron chi connectivity index (χ1n) is 10.3. The van der Waals surface area contributed by atoms with Gasteiger partial charge in [-0.25, -0.2) is 4.98 Å². The van der Waals surface area contributed by atoms with Gasteiger partial charge in [0.1, 0.15) is 17.1 Å². The number of hydrogen-bond donors (Lipinski definition) is 1. The predicted molar refractivity (Wildman–Crippen MR) is 120 cm³/mol. The molecule has 0 aliphatic carbocycles. The zero-order chi connectivity index (χ0) is 23.2. The average Bonchev–Trinajstić information content (AvgIpc) is 2.69. The number of carbonyl (C=O) groups excluding carboxylic acids is 2. The van der Waals surface area contributed by atoms with Crippen LogP contribution in [0.4, 0.5) is 5.69 Å². The molecule has 0 aliphatic rings. The minimum absolute atomic E-state index is 0.00349. The van der Waals surface area contributed by atoms with E-state index in [1.165, 1.54) is 6.20 Å². The fourth-order valence-corrected chi connectivity index (χ4v) is 2.84. The lowest BCUT2D eigenvalue weighted by Crippen LogP contribution is -2.37. The highest BCUT2D eigenvalue weighted by molar-refractivity contribution is 5.97. The van der Waals surface area contributed by atoms with E-state index in [-0.39, 0.29) is 12.3 Å². The number of aromatic nitrogens is 1. The first kappa shape index (κ1) is 24.2. The Bertz CT molecular complexity index is 919. The van der Waals surface area contributed by atoms with Crippen molar-refractivity contribution in [3.8, 4) is 17.4 Å². The van der Waals surface area contributed by atoms with Gasteiger partial charge in [0.25, 0.3) is 0 Å². The zero-order valence-corrected chi connectivity index (χ0v) is 19.4. The van der Waals surface area contributed by atoms with E-state index in [1.807, 2.05) is 26.0 Å². The van der Waals surface area contributed by atoms with Gasteiger partial charge in [-0.1, -0.05) is 19.9 Å². The third kappa shape index (κ3) is 6.98. The molecule has 1 N–H and O–H groups in total. The van der Waals surface area contributed by atoms with E-state index in [0.717, 1.165) is 11.3 Å². The number of ether oxygens (including phenoxy) is 3. The summed E-state index contributed by atoms with van der Waals surface area (Å²) < 4.78 is 16.4. The van der Waals surface area contributed by atoms with Crippen LogP contribution in [0.15, 0.2) is 36.5 Å². The first-order chi connectivity index (χ1) is 14.5. The maximum atomic E-state index is 12.9. The van der Waals surface area contributed by atoms with Crippen molar-refractivity contribution in [1.82, 2.24) is 4.98 Å². The highest BCUT2D eigenvalue weighted by Gasteiger charge is 2.35. The Morgan fingerprint density at radius 2 is 1.81 bits per heavy atom. The quantitative estimate of drug-likeness (QED) is 0.576. The summed E-state index contributed by atoms with van der Waals surface area (Å²) in [6, 6.07) is 8.89. The SMILES string of the molecule is CC[C@@](C)(CC(=O)OC(C)(C)C)C(=O)Nc1ccc(Oc2ccc(C)c(OC)c2)nc1. The molecule has 0 aliphatic heterocycles. The predicted octanol–water partition coefficient (Wildman–Crippen LogP) is 5.28. The van der Waals surface area contributed by atoms with Crippen LogP contribution in [0.3, 0.4) is 0 Å². The van der Waals surface area contributed by atoms with E-state index < -0.39 is 17.0 Å². The molecule has 7 heteroatoms. The van der Waals surface area contributed by atoms with Gasteiger partial charge in [0.15, 0.2) is 0 Å². The molecule has 0 unspecified atom stereocenters. The van der Waals surface area contributed by atoms with E-state index in [1.54, 1.807) is 53.0 Å². The van der Waals surface area contributed by atoms with Gasteiger partial charge in [-0.05, 0) is 51.8 Å². The highest BCUT2D eigenvalue weighted by Crippen LogP contribution is 2.30. The number of esters is 1. The summed E-state index contributed by atoms with van der Waals surface area (Å²) in [6.07, 6.45) is 2.00. The molecule has 0 fully saturated rings. The Morgan fingerprint density at radius 1 is 1.10 bits per heavy atom. The van der Waals surface area contributed by atoms with Crippen molar-refractivity contribution < 1.29 is 23.8 Å². The van der Waals surface area contributed by atoms with Crippen LogP contribution in [0.5, 0.6) is 17.4 Å². The van der Waals surface area contributed by atoms with E-state index >= 15 is 0 Å². The number of amides is 1. The third-order valence-electron chi connectivity index (χ3n) is 4.88. The maximum Gasteiger partial charge on any atom is 0.307 e. The number of hydrogen-bond acceptors (Lipinski definition) is 6. The fraction of sp³-hybridized carbons (Fsp3) is 0.458. The second-order valence-electron chi connectivity index (χ2n) is 8.75. The Balaban J connectivity index is 2.03. The topological polar surface area (TPSA) is 86.8 Å². The minimum atomic E-state index is -0.893. The number of rotatable bonds is 8. The lowest BCUT2D eigenvalue weighted by Gasteiger charge is -2.28. The zero-order valence-electron chi connectivity index (χ0n) is 19.4. The van der Waals surface area contributed by atoms with Crippen molar-refractivity contribution >= 4 is 17.6 Å². The number of nitrogens with zero attached hydrogens (tertiary/aromatic N) is 1. The number of pyridine rings is 1. The molecular weight excluding hydrogens is 396 g/mol. The van der Waals surface area contributed by atoms with Crippen LogP contribution in [-0.4, -0.2) is 29.6 Å². The molecule has 7 nitrogen and oxygen atoms in total. The Hall–Kier alpha value is -3.09. The van der Waals surface area contributed by atoms with Gasteiger partial charge in [0, 0.05) is 12.1 Å². The van der Waals surface area contributed by atoms with E-state index in [9.17, 15) is 9.59 Å². The molecule has 1 atom stereocenters. The normalized spacial score (nSPS) is 13.1. The second-order valence-corrected chi connectivity index (χ2v) is 8.75. The van der Waals surface area contributed by atoms with Crippen LogP contribution in [0.25, 0.3) is 0 Å². The number of nitrogens with one attached hydrogen (secondary N) is 1. The Morgan fingerprint density at radius 3 is 2.35 bits per heavy atom. The van der Waals surface area contributed by atoms with Crippen LogP contribution < -0.4 is 14.8 Å². The minimum Gasteiger partial charge on any atom is -0.496 e. The number of benzene rings is 1. The number of carbonyl (C=O) groups is 2. The maximum absolute atomic E-state index is 12.9. The summed E-state index contributed by atoms with van der Waals surface area (Å²) in [6.45, 7) is 11.0. The lowest BCUT2D eigenvalue weighted by molar-refractivity contribution is -0.159. The molecule has 0 bridgehead atoms. The summed E-state index contributed by atoms with van der Waals surface area (Å²) in [5.74, 6) is 1.05. The van der Waals surface area contributed by atoms with Crippen molar-refractivity contribution in [2.75, 3.05) is 12.4 Å². The lowest BCUT2D eigenvalue weighted by atomic mass is 9.83. The van der Waals surface area contributed by atoms with Crippen molar-refractivity contribution in [1.29, 1.82) is 0 Å². The van der Waals surface area contributed by atoms with Gasteiger partial charge in [-0.3, -0.25) is 9.59 Å². The first-order valence-corrected chi connectivity index (χ1v) is 10.3. The van der Waals surface area contributed by atoms with Gasteiger partial charge in [-0.2, -0.15) is 0 Å². The molecule has 1 heterocycles. The third-order valence-corrected chi connectivity index (χ3v) is 4.88. The van der Waals surface area contributed by atoms with Crippen LogP contribution >= 0.6 is 0 Å². The van der Waals surface area contributed by atoms with Gasteiger partial charge in [-0.15, -0.1) is 0 Å². The van der Waals surface area contributed by atoms with Gasteiger partial charge >= 0.3 is 5.97 Å². The molecule has 168 valence electrons. The summed E-state index contributed by atoms with van der Waals surface area (Å²) in [4.78, 5) is 29.3. The van der Waals surface area contributed by atoms with Crippen molar-refractivity contribution in [3.05, 3.63) is 42.1 Å². The smallest absolute Gasteiger partial charge is 0.307 e.